The van der Waals surface area contributed by atoms with Gasteiger partial charge in [-0.1, -0.05) is 54.6 Å². The quantitative estimate of drug-likeness (QED) is 0.589. The maximum Gasteiger partial charge on any atom is 0.240 e. The zero-order chi connectivity index (χ0) is 21.3. The Kier molecular flexibility index (Phi) is 6.01. The summed E-state index contributed by atoms with van der Waals surface area (Å²) in [4.78, 5) is 13.4. The van der Waals surface area contributed by atoms with Gasteiger partial charge in [-0.05, 0) is 55.2 Å². The number of hydrogen-bond donors (Lipinski definition) is 2. The van der Waals surface area contributed by atoms with Gasteiger partial charge in [0, 0.05) is 17.1 Å². The fourth-order valence-corrected chi connectivity index (χ4v) is 4.70. The normalized spacial score (nSPS) is 17.9. The largest absolute Gasteiger partial charge is 0.325 e. The molecule has 0 radical (unpaired) electrons. The lowest BCUT2D eigenvalue weighted by Crippen LogP contribution is -2.41. The van der Waals surface area contributed by atoms with Crippen molar-refractivity contribution in [3.05, 3.63) is 70.0 Å². The summed E-state index contributed by atoms with van der Waals surface area (Å²) >= 11 is 7.52. The molecule has 2 heterocycles. The van der Waals surface area contributed by atoms with Crippen LogP contribution in [0.3, 0.4) is 0 Å². The highest BCUT2D eigenvalue weighted by molar-refractivity contribution is 8.00. The lowest BCUT2D eigenvalue weighted by molar-refractivity contribution is -0.116. The molecule has 1 amide bonds. The van der Waals surface area contributed by atoms with Crippen molar-refractivity contribution in [1.29, 1.82) is 0 Å². The Labute approximate surface area is 185 Å². The first kappa shape index (κ1) is 20.8. The first-order valence-electron chi connectivity index (χ1n) is 9.97. The molecule has 0 spiro atoms. The molecule has 3 aromatic rings. The molecule has 0 unspecified atom stereocenters. The molecule has 1 aliphatic rings. The van der Waals surface area contributed by atoms with Gasteiger partial charge in [0.2, 0.25) is 11.1 Å². The highest BCUT2D eigenvalue weighted by Crippen LogP contribution is 2.38. The van der Waals surface area contributed by atoms with E-state index in [9.17, 15) is 4.79 Å². The number of rotatable bonds is 5. The van der Waals surface area contributed by atoms with Crippen LogP contribution in [0.25, 0.3) is 0 Å². The number of nitrogens with one attached hydrogen (secondary N) is 2. The minimum absolute atomic E-state index is 0.0764. The Morgan fingerprint density at radius 2 is 1.97 bits per heavy atom. The summed E-state index contributed by atoms with van der Waals surface area (Å²) in [6, 6.07) is 13.4. The first-order valence-corrected chi connectivity index (χ1v) is 11.2. The molecule has 0 bridgehead atoms. The summed E-state index contributed by atoms with van der Waals surface area (Å²) in [6.45, 7) is 6.11. The number of carbonyl (C=O) groups excluding carboxylic acids is 1. The lowest BCUT2D eigenvalue weighted by atomic mass is 10.0. The van der Waals surface area contributed by atoms with Crippen molar-refractivity contribution in [3.63, 3.8) is 0 Å². The van der Waals surface area contributed by atoms with E-state index in [0.29, 0.717) is 10.2 Å². The maximum atomic E-state index is 13.4. The van der Waals surface area contributed by atoms with E-state index < -0.39 is 5.25 Å². The van der Waals surface area contributed by atoms with Crippen LogP contribution in [0, 0.1) is 13.8 Å². The van der Waals surface area contributed by atoms with E-state index in [0.717, 1.165) is 41.0 Å². The predicted molar refractivity (Wildman–Crippen MR) is 122 cm³/mol. The summed E-state index contributed by atoms with van der Waals surface area (Å²) in [5.41, 5.74) is 7.41. The van der Waals surface area contributed by atoms with Crippen LogP contribution in [0.1, 0.15) is 41.9 Å². The van der Waals surface area contributed by atoms with E-state index in [-0.39, 0.29) is 11.9 Å². The third-order valence-corrected chi connectivity index (χ3v) is 6.58. The molecule has 0 aliphatic carbocycles. The number of aryl methyl sites for hydroxylation is 3. The van der Waals surface area contributed by atoms with Crippen LogP contribution in [0.15, 0.2) is 47.6 Å². The number of thioether (sulfide) groups is 1. The number of nitrogens with zero attached hydrogens (tertiary/aromatic N) is 3. The third-order valence-electron chi connectivity index (χ3n) is 5.12. The topological polar surface area (TPSA) is 71.8 Å². The van der Waals surface area contributed by atoms with Gasteiger partial charge in [-0.2, -0.15) is 0 Å². The number of anilines is 1. The standard InChI is InChI=1S/C22H24ClN5OS/c1-4-5-18-25-26-22-28(18)27-19(15-8-10-16(23)11-9-15)20(30-22)21(29)24-17-12-13(2)6-7-14(17)3/h6-12,19-20,27H,4-5H2,1-3H3,(H,24,29)/t19-,20+/m0/s1. The van der Waals surface area contributed by atoms with Gasteiger partial charge >= 0.3 is 0 Å². The van der Waals surface area contributed by atoms with Gasteiger partial charge in [-0.15, -0.1) is 10.2 Å². The summed E-state index contributed by atoms with van der Waals surface area (Å²) in [7, 11) is 0. The Balaban J connectivity index is 1.68. The first-order chi connectivity index (χ1) is 14.5. The van der Waals surface area contributed by atoms with Crippen LogP contribution in [0.4, 0.5) is 5.69 Å². The van der Waals surface area contributed by atoms with Crippen molar-refractivity contribution >= 4 is 35.0 Å². The molecule has 2 atom stereocenters. The minimum Gasteiger partial charge on any atom is -0.325 e. The maximum absolute atomic E-state index is 13.4. The molecule has 156 valence electrons. The average Bonchev–Trinajstić information content (AvgIpc) is 3.12. The zero-order valence-corrected chi connectivity index (χ0v) is 18.7. The molecule has 30 heavy (non-hydrogen) atoms. The second-order valence-electron chi connectivity index (χ2n) is 7.49. The number of fused-ring (bicyclic) bond motifs is 1. The van der Waals surface area contributed by atoms with Crippen molar-refractivity contribution in [2.24, 2.45) is 0 Å². The lowest BCUT2D eigenvalue weighted by Gasteiger charge is -2.33. The van der Waals surface area contributed by atoms with Gasteiger partial charge in [0.15, 0.2) is 5.82 Å². The number of aromatic nitrogens is 3. The van der Waals surface area contributed by atoms with Crippen LogP contribution in [-0.4, -0.2) is 26.0 Å². The van der Waals surface area contributed by atoms with E-state index in [1.807, 2.05) is 61.0 Å². The molecule has 1 aliphatic heterocycles. The fourth-order valence-electron chi connectivity index (χ4n) is 3.48. The van der Waals surface area contributed by atoms with E-state index in [1.54, 1.807) is 0 Å². The molecule has 8 heteroatoms. The third kappa shape index (κ3) is 4.18. The van der Waals surface area contributed by atoms with Gasteiger partial charge in [-0.25, -0.2) is 4.68 Å². The summed E-state index contributed by atoms with van der Waals surface area (Å²) in [5.74, 6) is 0.791. The van der Waals surface area contributed by atoms with Crippen LogP contribution in [0.5, 0.6) is 0 Å². The number of hydrogen-bond acceptors (Lipinski definition) is 5. The Bertz CT molecular complexity index is 1070. The number of halogens is 1. The van der Waals surface area contributed by atoms with E-state index in [2.05, 4.69) is 27.9 Å². The van der Waals surface area contributed by atoms with Gasteiger partial charge in [-0.3, -0.25) is 4.79 Å². The Morgan fingerprint density at radius 3 is 2.70 bits per heavy atom. The van der Waals surface area contributed by atoms with Crippen molar-refractivity contribution in [2.75, 3.05) is 10.7 Å². The molecule has 2 N–H and O–H groups in total. The number of amides is 1. The summed E-state index contributed by atoms with van der Waals surface area (Å²) in [5, 5.41) is 12.7. The van der Waals surface area contributed by atoms with E-state index in [1.165, 1.54) is 11.8 Å². The molecule has 0 saturated carbocycles. The SMILES string of the molecule is CCCc1nnc2n1N[C@@H](c1ccc(Cl)cc1)[C@H](C(=O)Nc1cc(C)ccc1C)S2. The van der Waals surface area contributed by atoms with Gasteiger partial charge < -0.3 is 10.7 Å². The van der Waals surface area contributed by atoms with Crippen LogP contribution < -0.4 is 10.7 Å². The highest BCUT2D eigenvalue weighted by atomic mass is 35.5. The minimum atomic E-state index is -0.419. The van der Waals surface area contributed by atoms with Gasteiger partial charge in [0.05, 0.1) is 6.04 Å². The average molecular weight is 442 g/mol. The molecule has 0 fully saturated rings. The Morgan fingerprint density at radius 1 is 1.20 bits per heavy atom. The second kappa shape index (κ2) is 8.70. The molecule has 0 saturated heterocycles. The van der Waals surface area contributed by atoms with Crippen molar-refractivity contribution < 1.29 is 4.79 Å². The van der Waals surface area contributed by atoms with Gasteiger partial charge in [0.25, 0.3) is 0 Å². The van der Waals surface area contributed by atoms with Crippen LogP contribution in [0.2, 0.25) is 5.02 Å². The highest BCUT2D eigenvalue weighted by Gasteiger charge is 2.37. The zero-order valence-electron chi connectivity index (χ0n) is 17.1. The number of carbonyl (C=O) groups is 1. The van der Waals surface area contributed by atoms with Crippen molar-refractivity contribution in [2.45, 2.75) is 50.1 Å². The van der Waals surface area contributed by atoms with Gasteiger partial charge in [0.1, 0.15) is 5.25 Å². The second-order valence-corrected chi connectivity index (χ2v) is 9.03. The smallest absolute Gasteiger partial charge is 0.240 e. The molecule has 1 aromatic heterocycles. The molecule has 2 aromatic carbocycles. The Hall–Kier alpha value is -2.51. The van der Waals surface area contributed by atoms with Crippen molar-refractivity contribution in [1.82, 2.24) is 14.9 Å². The summed E-state index contributed by atoms with van der Waals surface area (Å²) < 4.78 is 1.91. The van der Waals surface area contributed by atoms with Crippen molar-refractivity contribution in [3.8, 4) is 0 Å². The van der Waals surface area contributed by atoms with Crippen LogP contribution >= 0.6 is 23.4 Å². The van der Waals surface area contributed by atoms with Crippen LogP contribution in [-0.2, 0) is 11.2 Å². The summed E-state index contributed by atoms with van der Waals surface area (Å²) in [6.07, 6.45) is 1.78. The molecular formula is C22H24ClN5OS. The van der Waals surface area contributed by atoms with E-state index in [4.69, 9.17) is 11.6 Å². The van der Waals surface area contributed by atoms with E-state index >= 15 is 0 Å². The predicted octanol–water partition coefficient (Wildman–Crippen LogP) is 4.90. The molecule has 6 nitrogen and oxygen atoms in total. The number of benzene rings is 2. The molecular weight excluding hydrogens is 418 g/mol. The molecule has 4 rings (SSSR count). The fraction of sp³-hybridized carbons (Fsp3) is 0.318. The monoisotopic (exact) mass is 441 g/mol.